The second-order valence-electron chi connectivity index (χ2n) is 4.38. The quantitative estimate of drug-likeness (QED) is 0.546. The van der Waals surface area contributed by atoms with E-state index in [0.29, 0.717) is 12.1 Å². The van der Waals surface area contributed by atoms with Gasteiger partial charge in [-0.15, -0.1) is 0 Å². The maximum Gasteiger partial charge on any atom is 0.138 e. The van der Waals surface area contributed by atoms with Gasteiger partial charge in [-0.1, -0.05) is 44.7 Å². The molecule has 0 aliphatic rings. The van der Waals surface area contributed by atoms with Crippen LogP contribution in [0.25, 0.3) is 0 Å². The third-order valence-electron chi connectivity index (χ3n) is 2.86. The zero-order chi connectivity index (χ0) is 13.4. The monoisotopic (exact) mass is 250 g/mol. The fourth-order valence-electron chi connectivity index (χ4n) is 1.81. The zero-order valence-electron chi connectivity index (χ0n) is 10.7. The number of para-hydroxylation sites is 2. The lowest BCUT2D eigenvalue weighted by Gasteiger charge is -2.21. The molecule has 0 bridgehead atoms. The van der Waals surface area contributed by atoms with E-state index in [1.807, 2.05) is 0 Å². The maximum atomic E-state index is 11.0. The summed E-state index contributed by atoms with van der Waals surface area (Å²) in [5.74, 6) is -1.08. The molecular weight excluding hydrogens is 230 g/mol. The van der Waals surface area contributed by atoms with Crippen molar-refractivity contribution >= 4 is 11.7 Å². The van der Waals surface area contributed by atoms with Crippen LogP contribution in [-0.4, -0.2) is 17.1 Å². The number of carbonyl (C=O) groups excluding carboxylic acids is 1. The van der Waals surface area contributed by atoms with Crippen molar-refractivity contribution in [3.63, 3.8) is 0 Å². The molecule has 100 valence electrons. The molecule has 0 fully saturated rings. The first kappa shape index (κ1) is 14.4. The first-order chi connectivity index (χ1) is 8.65. The zero-order valence-corrected chi connectivity index (χ0v) is 10.7. The van der Waals surface area contributed by atoms with Crippen molar-refractivity contribution in [2.45, 2.75) is 45.1 Å². The molecule has 0 aromatic heterocycles. The lowest BCUT2D eigenvalue weighted by molar-refractivity contribution is -0.306. The van der Waals surface area contributed by atoms with E-state index < -0.39 is 12.0 Å². The molecule has 0 amide bonds. The molecule has 1 aromatic carbocycles. The van der Waals surface area contributed by atoms with Gasteiger partial charge in [0.25, 0.3) is 0 Å². The number of carboxylic acid groups (broad SMARTS) is 1. The summed E-state index contributed by atoms with van der Waals surface area (Å²) < 4.78 is 0. The van der Waals surface area contributed by atoms with E-state index in [4.69, 9.17) is 0 Å². The second-order valence-corrected chi connectivity index (χ2v) is 4.38. The van der Waals surface area contributed by atoms with Gasteiger partial charge in [0, 0.05) is 0 Å². The molecule has 1 rings (SSSR count). The molecule has 0 saturated heterocycles. The van der Waals surface area contributed by atoms with Gasteiger partial charge in [0.2, 0.25) is 0 Å². The first-order valence-corrected chi connectivity index (χ1v) is 6.40. The number of rotatable bonds is 8. The van der Waals surface area contributed by atoms with E-state index >= 15 is 0 Å². The van der Waals surface area contributed by atoms with Crippen LogP contribution in [0.3, 0.4) is 0 Å². The minimum absolute atomic E-state index is 0.0531. The van der Waals surface area contributed by atoms with E-state index in [1.54, 1.807) is 18.2 Å². The summed E-state index contributed by atoms with van der Waals surface area (Å²) in [6, 6.07) is 5.85. The number of benzene rings is 1. The van der Waals surface area contributed by atoms with Gasteiger partial charge in [-0.3, -0.25) is 0 Å². The molecule has 4 heteroatoms. The van der Waals surface area contributed by atoms with Crippen molar-refractivity contribution in [1.82, 2.24) is 0 Å². The van der Waals surface area contributed by atoms with Gasteiger partial charge >= 0.3 is 0 Å². The predicted octanol–water partition coefficient (Wildman–Crippen LogP) is 1.89. The van der Waals surface area contributed by atoms with Gasteiger partial charge in [-0.2, -0.15) is 0 Å². The summed E-state index contributed by atoms with van der Waals surface area (Å²) in [6.07, 6.45) is 4.59. The smallest absolute Gasteiger partial charge is 0.138 e. The Morgan fingerprint density at radius 2 is 2.06 bits per heavy atom. The standard InChI is InChI=1S/C14H21NO3/c1-2-3-4-5-9-12(14(17)18)15-11-8-6-7-10-13(11)16/h6-8,10,12,15-16H,2-5,9H2,1H3,(H,17,18)/p-1. The molecule has 0 spiro atoms. The van der Waals surface area contributed by atoms with Crippen LogP contribution < -0.4 is 10.4 Å². The lowest BCUT2D eigenvalue weighted by Crippen LogP contribution is -2.40. The fraction of sp³-hybridized carbons (Fsp3) is 0.500. The number of anilines is 1. The van der Waals surface area contributed by atoms with E-state index in [9.17, 15) is 15.0 Å². The highest BCUT2D eigenvalue weighted by atomic mass is 16.4. The van der Waals surface area contributed by atoms with Crippen molar-refractivity contribution in [2.24, 2.45) is 0 Å². The van der Waals surface area contributed by atoms with E-state index in [2.05, 4.69) is 12.2 Å². The van der Waals surface area contributed by atoms with Crippen molar-refractivity contribution < 1.29 is 15.0 Å². The Hall–Kier alpha value is -1.71. The molecule has 0 aliphatic heterocycles. The molecular formula is C14H20NO3-. The molecule has 0 radical (unpaired) electrons. The molecule has 0 aliphatic carbocycles. The summed E-state index contributed by atoms with van der Waals surface area (Å²) in [4.78, 5) is 11.0. The number of hydrogen-bond donors (Lipinski definition) is 2. The molecule has 4 nitrogen and oxygen atoms in total. The number of phenolic OH excluding ortho intramolecular Hbond substituents is 1. The van der Waals surface area contributed by atoms with E-state index in [1.165, 1.54) is 6.07 Å². The van der Waals surface area contributed by atoms with Gasteiger partial charge in [-0.05, 0) is 18.6 Å². The van der Waals surface area contributed by atoms with Crippen LogP contribution in [-0.2, 0) is 4.79 Å². The molecule has 1 atom stereocenters. The fourth-order valence-corrected chi connectivity index (χ4v) is 1.81. The average molecular weight is 250 g/mol. The number of aromatic hydroxyl groups is 1. The van der Waals surface area contributed by atoms with Gasteiger partial charge < -0.3 is 20.3 Å². The molecule has 18 heavy (non-hydrogen) atoms. The highest BCUT2D eigenvalue weighted by molar-refractivity contribution is 5.76. The Bertz CT molecular complexity index is 379. The summed E-state index contributed by atoms with van der Waals surface area (Å²) in [6.45, 7) is 2.11. The van der Waals surface area contributed by atoms with Crippen molar-refractivity contribution in [3.8, 4) is 5.75 Å². The van der Waals surface area contributed by atoms with Gasteiger partial charge in [-0.25, -0.2) is 0 Å². The van der Waals surface area contributed by atoms with Crippen LogP contribution in [0.4, 0.5) is 5.69 Å². The van der Waals surface area contributed by atoms with Crippen LogP contribution in [0, 0.1) is 0 Å². The van der Waals surface area contributed by atoms with Gasteiger partial charge in [0.15, 0.2) is 0 Å². The number of nitrogens with one attached hydrogen (secondary N) is 1. The largest absolute Gasteiger partial charge is 0.548 e. The van der Waals surface area contributed by atoms with Crippen molar-refractivity contribution in [3.05, 3.63) is 24.3 Å². The lowest BCUT2D eigenvalue weighted by atomic mass is 10.1. The Morgan fingerprint density at radius 3 is 2.67 bits per heavy atom. The number of aliphatic carboxylic acids is 1. The SMILES string of the molecule is CCCCCCC(Nc1ccccc1O)C(=O)[O-]. The van der Waals surface area contributed by atoms with Gasteiger partial charge in [0.05, 0.1) is 17.7 Å². The van der Waals surface area contributed by atoms with Crippen LogP contribution >= 0.6 is 0 Å². The number of unbranched alkanes of at least 4 members (excludes halogenated alkanes) is 3. The molecule has 1 unspecified atom stereocenters. The number of carboxylic acids is 1. The average Bonchev–Trinajstić information content (AvgIpc) is 2.35. The number of hydrogen-bond acceptors (Lipinski definition) is 4. The predicted molar refractivity (Wildman–Crippen MR) is 69.3 cm³/mol. The summed E-state index contributed by atoms with van der Waals surface area (Å²) in [5.41, 5.74) is 0.433. The normalized spacial score (nSPS) is 12.1. The van der Waals surface area contributed by atoms with Crippen LogP contribution in [0.1, 0.15) is 39.0 Å². The maximum absolute atomic E-state index is 11.0. The Kier molecular flexibility index (Phi) is 6.05. The summed E-state index contributed by atoms with van der Waals surface area (Å²) in [7, 11) is 0. The molecule has 2 N–H and O–H groups in total. The van der Waals surface area contributed by atoms with E-state index in [-0.39, 0.29) is 5.75 Å². The van der Waals surface area contributed by atoms with Gasteiger partial charge in [0.1, 0.15) is 5.75 Å². The van der Waals surface area contributed by atoms with Crippen molar-refractivity contribution in [1.29, 1.82) is 0 Å². The summed E-state index contributed by atoms with van der Waals surface area (Å²) >= 11 is 0. The van der Waals surface area contributed by atoms with E-state index in [0.717, 1.165) is 25.7 Å². The molecule has 0 saturated carbocycles. The molecule has 0 heterocycles. The number of carbonyl (C=O) groups is 1. The van der Waals surface area contributed by atoms with Crippen molar-refractivity contribution in [2.75, 3.05) is 5.32 Å². The van der Waals surface area contributed by atoms with Crippen LogP contribution in [0.5, 0.6) is 5.75 Å². The Labute approximate surface area is 108 Å². The third kappa shape index (κ3) is 4.65. The minimum atomic E-state index is -1.13. The molecule has 1 aromatic rings. The van der Waals surface area contributed by atoms with Crippen LogP contribution in [0.2, 0.25) is 0 Å². The number of phenols is 1. The Morgan fingerprint density at radius 1 is 1.33 bits per heavy atom. The Balaban J connectivity index is 2.53. The van der Waals surface area contributed by atoms with Crippen LogP contribution in [0.15, 0.2) is 24.3 Å². The third-order valence-corrected chi connectivity index (χ3v) is 2.86. The topological polar surface area (TPSA) is 72.4 Å². The second kappa shape index (κ2) is 7.58. The highest BCUT2D eigenvalue weighted by Gasteiger charge is 2.11. The minimum Gasteiger partial charge on any atom is -0.548 e. The highest BCUT2D eigenvalue weighted by Crippen LogP contribution is 2.23. The first-order valence-electron chi connectivity index (χ1n) is 6.40. The summed E-state index contributed by atoms with van der Waals surface area (Å²) in [5, 5.41) is 23.4.